The third-order valence-corrected chi connectivity index (χ3v) is 3.37. The van der Waals surface area contributed by atoms with Crippen LogP contribution in [0.25, 0.3) is 10.8 Å². The van der Waals surface area contributed by atoms with Gasteiger partial charge in [-0.15, -0.1) is 0 Å². The predicted molar refractivity (Wildman–Crippen MR) is 82.9 cm³/mol. The lowest BCUT2D eigenvalue weighted by Crippen LogP contribution is -1.97. The number of anilines is 2. The van der Waals surface area contributed by atoms with Gasteiger partial charge in [0, 0.05) is 11.1 Å². The highest BCUT2D eigenvalue weighted by Gasteiger charge is 2.07. The van der Waals surface area contributed by atoms with E-state index in [2.05, 4.69) is 10.3 Å². The molecule has 2 aromatic carbocycles. The topological polar surface area (TPSA) is 45.1 Å². The monoisotopic (exact) mass is 284 g/mol. The van der Waals surface area contributed by atoms with Gasteiger partial charge in [-0.25, -0.2) is 4.98 Å². The molecule has 0 aliphatic carbocycles. The Morgan fingerprint density at radius 3 is 2.70 bits per heavy atom. The Hall–Kier alpha value is -2.26. The first-order chi connectivity index (χ1) is 9.63. The van der Waals surface area contributed by atoms with Crippen molar-refractivity contribution in [3.63, 3.8) is 0 Å². The lowest BCUT2D eigenvalue weighted by Gasteiger charge is -2.12. The van der Waals surface area contributed by atoms with E-state index in [0.29, 0.717) is 11.0 Å². The number of nitrogens with zero attached hydrogens (tertiary/aromatic N) is 1. The maximum Gasteiger partial charge on any atom is 0.140 e. The van der Waals surface area contributed by atoms with Gasteiger partial charge in [0.05, 0.1) is 0 Å². The standard InChI is InChI=1S/C16H13ClN2O/c1-10-8-12(20)6-7-14(10)18-16-13-5-3-2-4-11(13)9-15(17)19-16/h2-9,20H,1H3,(H,18,19). The molecule has 3 nitrogen and oxygen atoms in total. The number of aromatic nitrogens is 1. The van der Waals surface area contributed by atoms with Crippen molar-refractivity contribution in [1.29, 1.82) is 0 Å². The quantitative estimate of drug-likeness (QED) is 0.532. The summed E-state index contributed by atoms with van der Waals surface area (Å²) >= 11 is 6.06. The first kappa shape index (κ1) is 12.8. The lowest BCUT2D eigenvalue weighted by atomic mass is 10.1. The molecule has 0 aliphatic heterocycles. The maximum atomic E-state index is 9.45. The fraction of sp³-hybridized carbons (Fsp3) is 0.0625. The van der Waals surface area contributed by atoms with Gasteiger partial charge in [0.15, 0.2) is 0 Å². The highest BCUT2D eigenvalue weighted by Crippen LogP contribution is 2.29. The molecule has 100 valence electrons. The minimum Gasteiger partial charge on any atom is -0.508 e. The normalized spacial score (nSPS) is 10.7. The summed E-state index contributed by atoms with van der Waals surface area (Å²) in [6.45, 7) is 1.93. The first-order valence-electron chi connectivity index (χ1n) is 6.25. The average Bonchev–Trinajstić information content (AvgIpc) is 2.41. The molecule has 3 aromatic rings. The Kier molecular flexibility index (Phi) is 3.20. The molecule has 0 amide bonds. The summed E-state index contributed by atoms with van der Waals surface area (Å²) < 4.78 is 0. The van der Waals surface area contributed by atoms with Gasteiger partial charge in [0.25, 0.3) is 0 Å². The summed E-state index contributed by atoms with van der Waals surface area (Å²) in [5.41, 5.74) is 1.83. The van der Waals surface area contributed by atoms with E-state index in [1.54, 1.807) is 12.1 Å². The Morgan fingerprint density at radius 1 is 1.10 bits per heavy atom. The summed E-state index contributed by atoms with van der Waals surface area (Å²) in [6.07, 6.45) is 0. The van der Waals surface area contributed by atoms with Crippen LogP contribution in [-0.4, -0.2) is 10.1 Å². The molecule has 0 saturated carbocycles. The van der Waals surface area contributed by atoms with Gasteiger partial charge >= 0.3 is 0 Å². The number of phenols is 1. The predicted octanol–water partition coefficient (Wildman–Crippen LogP) is 4.65. The number of phenolic OH excluding ortho intramolecular Hbond substituents is 1. The summed E-state index contributed by atoms with van der Waals surface area (Å²) in [7, 11) is 0. The van der Waals surface area contributed by atoms with E-state index in [9.17, 15) is 5.11 Å². The summed E-state index contributed by atoms with van der Waals surface area (Å²) in [5.74, 6) is 0.957. The van der Waals surface area contributed by atoms with Gasteiger partial charge in [0.1, 0.15) is 16.7 Å². The Bertz CT molecular complexity index is 787. The lowest BCUT2D eigenvalue weighted by molar-refractivity contribution is 0.475. The van der Waals surface area contributed by atoms with E-state index >= 15 is 0 Å². The van der Waals surface area contributed by atoms with Gasteiger partial charge in [0.2, 0.25) is 0 Å². The van der Waals surface area contributed by atoms with E-state index in [0.717, 1.165) is 22.0 Å². The molecule has 20 heavy (non-hydrogen) atoms. The number of hydrogen-bond acceptors (Lipinski definition) is 3. The molecular weight excluding hydrogens is 272 g/mol. The van der Waals surface area contributed by atoms with Crippen LogP contribution in [-0.2, 0) is 0 Å². The van der Waals surface area contributed by atoms with Crippen molar-refractivity contribution >= 4 is 33.9 Å². The molecule has 0 bridgehead atoms. The van der Waals surface area contributed by atoms with E-state index in [-0.39, 0.29) is 5.75 Å². The smallest absolute Gasteiger partial charge is 0.140 e. The molecule has 3 rings (SSSR count). The van der Waals surface area contributed by atoms with Gasteiger partial charge in [-0.3, -0.25) is 0 Å². The van der Waals surface area contributed by atoms with Crippen molar-refractivity contribution in [3.8, 4) is 5.75 Å². The second kappa shape index (κ2) is 5.02. The number of fused-ring (bicyclic) bond motifs is 1. The van der Waals surface area contributed by atoms with Crippen molar-refractivity contribution in [2.45, 2.75) is 6.92 Å². The SMILES string of the molecule is Cc1cc(O)ccc1Nc1nc(Cl)cc2ccccc12. The van der Waals surface area contributed by atoms with Crippen LogP contribution in [0.3, 0.4) is 0 Å². The largest absolute Gasteiger partial charge is 0.508 e. The highest BCUT2D eigenvalue weighted by molar-refractivity contribution is 6.30. The van der Waals surface area contributed by atoms with E-state index in [1.807, 2.05) is 43.3 Å². The summed E-state index contributed by atoms with van der Waals surface area (Å²) in [4.78, 5) is 4.35. The van der Waals surface area contributed by atoms with Crippen LogP contribution in [0.2, 0.25) is 5.15 Å². The van der Waals surface area contributed by atoms with Gasteiger partial charge < -0.3 is 10.4 Å². The van der Waals surface area contributed by atoms with Crippen molar-refractivity contribution in [3.05, 3.63) is 59.2 Å². The van der Waals surface area contributed by atoms with Crippen LogP contribution in [0, 0.1) is 6.92 Å². The van der Waals surface area contributed by atoms with Crippen molar-refractivity contribution < 1.29 is 5.11 Å². The van der Waals surface area contributed by atoms with Gasteiger partial charge in [-0.2, -0.15) is 0 Å². The molecule has 4 heteroatoms. The van der Waals surface area contributed by atoms with Crippen LogP contribution in [0.4, 0.5) is 11.5 Å². The molecule has 1 aromatic heterocycles. The fourth-order valence-electron chi connectivity index (χ4n) is 2.18. The van der Waals surface area contributed by atoms with Crippen LogP contribution in [0.15, 0.2) is 48.5 Å². The van der Waals surface area contributed by atoms with E-state index in [4.69, 9.17) is 11.6 Å². The fourth-order valence-corrected chi connectivity index (χ4v) is 2.38. The molecule has 0 radical (unpaired) electrons. The first-order valence-corrected chi connectivity index (χ1v) is 6.63. The molecule has 0 atom stereocenters. The molecule has 0 spiro atoms. The minimum absolute atomic E-state index is 0.247. The number of hydrogen-bond donors (Lipinski definition) is 2. The second-order valence-electron chi connectivity index (χ2n) is 4.64. The Balaban J connectivity index is 2.10. The summed E-state index contributed by atoms with van der Waals surface area (Å²) in [6, 6.07) is 14.9. The average molecular weight is 285 g/mol. The number of nitrogens with one attached hydrogen (secondary N) is 1. The van der Waals surface area contributed by atoms with Crippen molar-refractivity contribution in [2.24, 2.45) is 0 Å². The number of rotatable bonds is 2. The van der Waals surface area contributed by atoms with Crippen LogP contribution < -0.4 is 5.32 Å². The van der Waals surface area contributed by atoms with Crippen molar-refractivity contribution in [2.75, 3.05) is 5.32 Å². The third kappa shape index (κ3) is 2.40. The number of benzene rings is 2. The van der Waals surface area contributed by atoms with E-state index in [1.165, 1.54) is 0 Å². The van der Waals surface area contributed by atoms with E-state index < -0.39 is 0 Å². The Morgan fingerprint density at radius 2 is 1.90 bits per heavy atom. The zero-order valence-electron chi connectivity index (χ0n) is 10.9. The zero-order chi connectivity index (χ0) is 14.1. The maximum absolute atomic E-state index is 9.45. The summed E-state index contributed by atoms with van der Waals surface area (Å²) in [5, 5.41) is 15.2. The van der Waals surface area contributed by atoms with Gasteiger partial charge in [-0.1, -0.05) is 35.9 Å². The molecular formula is C16H13ClN2O. The van der Waals surface area contributed by atoms with Crippen LogP contribution in [0.1, 0.15) is 5.56 Å². The number of halogens is 1. The third-order valence-electron chi connectivity index (χ3n) is 3.17. The number of aryl methyl sites for hydroxylation is 1. The van der Waals surface area contributed by atoms with Crippen molar-refractivity contribution in [1.82, 2.24) is 4.98 Å². The van der Waals surface area contributed by atoms with Crippen LogP contribution >= 0.6 is 11.6 Å². The number of pyridine rings is 1. The van der Waals surface area contributed by atoms with Gasteiger partial charge in [-0.05, 0) is 42.1 Å². The highest BCUT2D eigenvalue weighted by atomic mass is 35.5. The molecule has 1 heterocycles. The minimum atomic E-state index is 0.247. The molecule has 0 saturated heterocycles. The number of aromatic hydroxyl groups is 1. The molecule has 0 unspecified atom stereocenters. The zero-order valence-corrected chi connectivity index (χ0v) is 11.6. The molecule has 0 fully saturated rings. The Labute approximate surface area is 121 Å². The van der Waals surface area contributed by atoms with Crippen LogP contribution in [0.5, 0.6) is 5.75 Å². The molecule has 0 aliphatic rings. The molecule has 2 N–H and O–H groups in total. The second-order valence-corrected chi connectivity index (χ2v) is 5.03.